The van der Waals surface area contributed by atoms with Gasteiger partial charge in [0.2, 0.25) is 0 Å². The average molecular weight is 175 g/mol. The second-order valence-electron chi connectivity index (χ2n) is 2.85. The summed E-state index contributed by atoms with van der Waals surface area (Å²) in [6.07, 6.45) is 0. The van der Waals surface area contributed by atoms with Crippen LogP contribution in [0.15, 0.2) is 0 Å². The molecule has 0 spiro atoms. The van der Waals surface area contributed by atoms with E-state index in [2.05, 4.69) is 39.6 Å². The van der Waals surface area contributed by atoms with Crippen LogP contribution in [0, 0.1) is 0 Å². The molecule has 12 heavy (non-hydrogen) atoms. The highest BCUT2D eigenvalue weighted by molar-refractivity contribution is 4.60. The van der Waals surface area contributed by atoms with E-state index in [9.17, 15) is 0 Å². The molecule has 0 radical (unpaired) electrons. The van der Waals surface area contributed by atoms with Gasteiger partial charge in [-0.1, -0.05) is 27.7 Å². The second kappa shape index (κ2) is 13.5. The lowest BCUT2D eigenvalue weighted by molar-refractivity contribution is 0.222. The third-order valence-corrected chi connectivity index (χ3v) is 1.63. The molecule has 78 valence electrons. The second-order valence-corrected chi connectivity index (χ2v) is 2.85. The molecule has 0 aliphatic heterocycles. The zero-order chi connectivity index (χ0) is 10.7. The fraction of sp³-hybridized carbons (Fsp3) is 1.00. The smallest absolute Gasteiger partial charge is 0.00382 e. The van der Waals surface area contributed by atoms with Gasteiger partial charge in [-0.15, -0.1) is 0 Å². The first-order valence-electron chi connectivity index (χ1n) is 5.27. The molecule has 0 saturated carbocycles. The van der Waals surface area contributed by atoms with Gasteiger partial charge in [0, 0.05) is 12.1 Å². The first-order chi connectivity index (χ1) is 5.55. The highest BCUT2D eigenvalue weighted by Gasteiger charge is 2.04. The summed E-state index contributed by atoms with van der Waals surface area (Å²) in [5, 5.41) is 0. The Morgan fingerprint density at radius 3 is 0.833 bits per heavy atom. The summed E-state index contributed by atoms with van der Waals surface area (Å²) in [4.78, 5) is 2.33. The van der Waals surface area contributed by atoms with E-state index >= 15 is 0 Å². The predicted octanol–water partition coefficient (Wildman–Crippen LogP) is 3.79. The van der Waals surface area contributed by atoms with Crippen LogP contribution in [0.3, 0.4) is 0 Å². The first-order valence-corrected chi connectivity index (χ1v) is 5.27. The topological polar surface area (TPSA) is 3.24 Å². The Bertz CT molecular complexity index is 50.0. The van der Waals surface area contributed by atoms with Gasteiger partial charge in [-0.2, -0.15) is 0 Å². The molecule has 0 amide bonds. The number of rotatable bonds is 2. The maximum absolute atomic E-state index is 2.33. The third kappa shape index (κ3) is 12.6. The van der Waals surface area contributed by atoms with Crippen molar-refractivity contribution >= 4 is 0 Å². The maximum Gasteiger partial charge on any atom is 0.00382 e. The highest BCUT2D eigenvalue weighted by Crippen LogP contribution is 1.98. The summed E-state index contributed by atoms with van der Waals surface area (Å²) in [5.74, 6) is 0. The Morgan fingerprint density at radius 1 is 0.667 bits per heavy atom. The van der Waals surface area contributed by atoms with E-state index in [0.717, 1.165) is 0 Å². The summed E-state index contributed by atoms with van der Waals surface area (Å²) < 4.78 is 0. The van der Waals surface area contributed by atoms with Crippen LogP contribution in [0.25, 0.3) is 0 Å². The Labute approximate surface area is 80.2 Å². The third-order valence-electron chi connectivity index (χ3n) is 1.63. The molecule has 0 aromatic heterocycles. The molecule has 0 aliphatic rings. The summed E-state index contributed by atoms with van der Waals surface area (Å²) in [7, 11) is 2.15. The molecule has 0 N–H and O–H groups in total. The summed E-state index contributed by atoms with van der Waals surface area (Å²) in [5.41, 5.74) is 0. The van der Waals surface area contributed by atoms with Gasteiger partial charge >= 0.3 is 0 Å². The Hall–Kier alpha value is -0.0400. The average Bonchev–Trinajstić information content (AvgIpc) is 2.10. The summed E-state index contributed by atoms with van der Waals surface area (Å²) >= 11 is 0. The quantitative estimate of drug-likeness (QED) is 0.617. The van der Waals surface area contributed by atoms with Gasteiger partial charge in [0.25, 0.3) is 0 Å². The summed E-state index contributed by atoms with van der Waals surface area (Å²) in [6.45, 7) is 16.8. The number of hydrogen-bond donors (Lipinski definition) is 0. The van der Waals surface area contributed by atoms with E-state index in [1.165, 1.54) is 0 Å². The standard InChI is InChI=1S/C7H17N.2C2H6/c1-6(2)8(5)7(3)4;2*1-2/h6-7H,1-5H3;2*1-2H3. The molecule has 0 fully saturated rings. The maximum atomic E-state index is 2.33. The molecule has 0 atom stereocenters. The minimum Gasteiger partial charge on any atom is -0.302 e. The van der Waals surface area contributed by atoms with E-state index in [1.807, 2.05) is 27.7 Å². The van der Waals surface area contributed by atoms with Crippen molar-refractivity contribution in [1.82, 2.24) is 4.90 Å². The van der Waals surface area contributed by atoms with Crippen molar-refractivity contribution in [2.24, 2.45) is 0 Å². The monoisotopic (exact) mass is 175 g/mol. The van der Waals surface area contributed by atoms with Crippen LogP contribution < -0.4 is 0 Å². The first kappa shape index (κ1) is 17.9. The van der Waals surface area contributed by atoms with Crippen LogP contribution in [-0.2, 0) is 0 Å². The molecule has 0 aliphatic carbocycles. The lowest BCUT2D eigenvalue weighted by atomic mass is 10.3. The van der Waals surface area contributed by atoms with E-state index < -0.39 is 0 Å². The largest absolute Gasteiger partial charge is 0.302 e. The lowest BCUT2D eigenvalue weighted by Crippen LogP contribution is -2.32. The minimum atomic E-state index is 0.676. The molecule has 0 aromatic rings. The molecule has 0 heterocycles. The van der Waals surface area contributed by atoms with Crippen LogP contribution in [-0.4, -0.2) is 24.0 Å². The van der Waals surface area contributed by atoms with E-state index in [4.69, 9.17) is 0 Å². The minimum absolute atomic E-state index is 0.676. The van der Waals surface area contributed by atoms with Crippen molar-refractivity contribution in [1.29, 1.82) is 0 Å². The van der Waals surface area contributed by atoms with Gasteiger partial charge in [-0.25, -0.2) is 0 Å². The van der Waals surface area contributed by atoms with Crippen LogP contribution in [0.5, 0.6) is 0 Å². The molecule has 0 aromatic carbocycles. The Morgan fingerprint density at radius 2 is 0.833 bits per heavy atom. The normalized spacial score (nSPS) is 9.00. The molecule has 1 nitrogen and oxygen atoms in total. The van der Waals surface area contributed by atoms with Gasteiger partial charge in [0.1, 0.15) is 0 Å². The van der Waals surface area contributed by atoms with Gasteiger partial charge in [-0.3, -0.25) is 0 Å². The molecule has 0 rings (SSSR count). The Balaban J connectivity index is -0.000000175. The fourth-order valence-corrected chi connectivity index (χ4v) is 0.596. The number of hydrogen-bond acceptors (Lipinski definition) is 1. The highest BCUT2D eigenvalue weighted by atomic mass is 15.1. The van der Waals surface area contributed by atoms with Crippen LogP contribution in [0.2, 0.25) is 0 Å². The van der Waals surface area contributed by atoms with Crippen molar-refractivity contribution in [3.8, 4) is 0 Å². The predicted molar refractivity (Wildman–Crippen MR) is 60.7 cm³/mol. The van der Waals surface area contributed by atoms with E-state index in [1.54, 1.807) is 0 Å². The van der Waals surface area contributed by atoms with Crippen LogP contribution in [0.1, 0.15) is 55.4 Å². The molecule has 0 bridgehead atoms. The van der Waals surface area contributed by atoms with Gasteiger partial charge < -0.3 is 4.90 Å². The van der Waals surface area contributed by atoms with Crippen molar-refractivity contribution in [3.63, 3.8) is 0 Å². The van der Waals surface area contributed by atoms with Crippen molar-refractivity contribution in [2.45, 2.75) is 67.5 Å². The molecule has 0 saturated heterocycles. The lowest BCUT2D eigenvalue weighted by Gasteiger charge is -2.24. The number of nitrogens with zero attached hydrogens (tertiary/aromatic N) is 1. The zero-order valence-corrected chi connectivity index (χ0v) is 10.6. The van der Waals surface area contributed by atoms with Crippen molar-refractivity contribution < 1.29 is 0 Å². The molecular formula is C11H29N. The Kier molecular flexibility index (Phi) is 20.2. The van der Waals surface area contributed by atoms with Gasteiger partial charge in [-0.05, 0) is 34.7 Å². The summed E-state index contributed by atoms with van der Waals surface area (Å²) in [6, 6.07) is 1.35. The van der Waals surface area contributed by atoms with Gasteiger partial charge in [0.15, 0.2) is 0 Å². The van der Waals surface area contributed by atoms with Crippen molar-refractivity contribution in [2.75, 3.05) is 7.05 Å². The van der Waals surface area contributed by atoms with E-state index in [0.29, 0.717) is 12.1 Å². The van der Waals surface area contributed by atoms with E-state index in [-0.39, 0.29) is 0 Å². The van der Waals surface area contributed by atoms with Crippen LogP contribution in [0.4, 0.5) is 0 Å². The van der Waals surface area contributed by atoms with Crippen LogP contribution >= 0.6 is 0 Å². The SMILES string of the molecule is CC.CC.CC(C)N(C)C(C)C. The van der Waals surface area contributed by atoms with Crippen molar-refractivity contribution in [3.05, 3.63) is 0 Å². The fourth-order valence-electron chi connectivity index (χ4n) is 0.596. The molecule has 0 unspecified atom stereocenters. The van der Waals surface area contributed by atoms with Gasteiger partial charge in [0.05, 0.1) is 0 Å². The zero-order valence-electron chi connectivity index (χ0n) is 10.6. The molecular weight excluding hydrogens is 146 g/mol. The molecule has 1 heteroatoms.